The number of ether oxygens (including phenoxy) is 1. The molecule has 2 aliphatic rings. The third kappa shape index (κ3) is 0.982. The van der Waals surface area contributed by atoms with Crippen LogP contribution in [0.1, 0.15) is 0 Å². The molecular formula is C7H13NO4. The minimum atomic E-state index is -1.01. The number of hydrogen-bond donors (Lipinski definition) is 4. The molecule has 0 aromatic rings. The molecule has 0 radical (unpaired) electrons. The topological polar surface area (TPSA) is 95.9 Å². The predicted molar refractivity (Wildman–Crippen MR) is 39.2 cm³/mol. The van der Waals surface area contributed by atoms with Crippen molar-refractivity contribution in [2.45, 2.75) is 30.5 Å². The lowest BCUT2D eigenvalue weighted by Gasteiger charge is -2.29. The van der Waals surface area contributed by atoms with Gasteiger partial charge >= 0.3 is 0 Å². The average Bonchev–Trinajstić information content (AvgIpc) is 2.69. The van der Waals surface area contributed by atoms with Crippen LogP contribution in [0.4, 0.5) is 0 Å². The second-order valence-electron chi connectivity index (χ2n) is 3.46. The summed E-state index contributed by atoms with van der Waals surface area (Å²) in [5, 5.41) is 27.6. The van der Waals surface area contributed by atoms with Crippen LogP contribution < -0.4 is 5.73 Å². The van der Waals surface area contributed by atoms with Crippen molar-refractivity contribution in [2.24, 2.45) is 11.7 Å². The molecule has 0 amide bonds. The summed E-state index contributed by atoms with van der Waals surface area (Å²) in [6, 6.07) is -0.189. The largest absolute Gasteiger partial charge is 0.394 e. The van der Waals surface area contributed by atoms with Gasteiger partial charge in [-0.15, -0.1) is 0 Å². The van der Waals surface area contributed by atoms with E-state index in [2.05, 4.69) is 0 Å². The minimum Gasteiger partial charge on any atom is -0.394 e. The predicted octanol–water partition coefficient (Wildman–Crippen LogP) is -2.57. The van der Waals surface area contributed by atoms with E-state index in [4.69, 9.17) is 15.6 Å². The number of nitrogens with two attached hydrogens (primary N) is 1. The fourth-order valence-electron chi connectivity index (χ4n) is 1.81. The SMILES string of the molecule is N[C@@H]1[C@H]2O[C@H](CO)[C@@H](O)[C@H](O)[C@@H]12. The van der Waals surface area contributed by atoms with Gasteiger partial charge in [-0.2, -0.15) is 0 Å². The highest BCUT2D eigenvalue weighted by Crippen LogP contribution is 2.42. The highest BCUT2D eigenvalue weighted by Gasteiger charge is 2.60. The van der Waals surface area contributed by atoms with Gasteiger partial charge < -0.3 is 25.8 Å². The fraction of sp³-hybridized carbons (Fsp3) is 1.00. The Morgan fingerprint density at radius 2 is 1.92 bits per heavy atom. The first-order valence-electron chi connectivity index (χ1n) is 4.05. The van der Waals surface area contributed by atoms with Crippen LogP contribution in [0.15, 0.2) is 0 Å². The molecule has 2 rings (SSSR count). The molecule has 1 aliphatic carbocycles. The van der Waals surface area contributed by atoms with E-state index in [1.807, 2.05) is 0 Å². The quantitative estimate of drug-likeness (QED) is 0.351. The zero-order valence-corrected chi connectivity index (χ0v) is 6.50. The van der Waals surface area contributed by atoms with Crippen LogP contribution in [0, 0.1) is 5.92 Å². The summed E-state index contributed by atoms with van der Waals surface area (Å²) in [6.07, 6.45) is -2.73. The normalized spacial score (nSPS) is 58.0. The first kappa shape index (κ1) is 8.40. The highest BCUT2D eigenvalue weighted by atomic mass is 16.5. The van der Waals surface area contributed by atoms with Crippen molar-refractivity contribution in [2.75, 3.05) is 6.61 Å². The molecule has 6 atom stereocenters. The van der Waals surface area contributed by atoms with E-state index in [0.29, 0.717) is 0 Å². The Balaban J connectivity index is 2.06. The van der Waals surface area contributed by atoms with Gasteiger partial charge in [0.2, 0.25) is 0 Å². The van der Waals surface area contributed by atoms with Crippen LogP contribution in [0.25, 0.3) is 0 Å². The van der Waals surface area contributed by atoms with Crippen LogP contribution >= 0.6 is 0 Å². The number of hydrogen-bond acceptors (Lipinski definition) is 5. The fourth-order valence-corrected chi connectivity index (χ4v) is 1.81. The van der Waals surface area contributed by atoms with Crippen LogP contribution in [0.3, 0.4) is 0 Å². The minimum absolute atomic E-state index is 0.150. The Kier molecular flexibility index (Phi) is 1.85. The summed E-state index contributed by atoms with van der Waals surface area (Å²) in [5.41, 5.74) is 5.56. The molecule has 0 aromatic carbocycles. The molecule has 1 saturated heterocycles. The van der Waals surface area contributed by atoms with Crippen LogP contribution in [0.2, 0.25) is 0 Å². The van der Waals surface area contributed by atoms with E-state index in [1.54, 1.807) is 0 Å². The number of aliphatic hydroxyl groups is 3. The molecule has 5 nitrogen and oxygen atoms in total. The molecule has 1 heterocycles. The first-order chi connectivity index (χ1) is 5.66. The van der Waals surface area contributed by atoms with E-state index in [0.717, 1.165) is 0 Å². The van der Waals surface area contributed by atoms with Gasteiger partial charge in [-0.1, -0.05) is 0 Å². The van der Waals surface area contributed by atoms with Gasteiger partial charge in [0.25, 0.3) is 0 Å². The van der Waals surface area contributed by atoms with Gasteiger partial charge in [0, 0.05) is 12.0 Å². The molecule has 5 heteroatoms. The van der Waals surface area contributed by atoms with Gasteiger partial charge in [-0.3, -0.25) is 0 Å². The molecule has 0 aromatic heterocycles. The van der Waals surface area contributed by atoms with E-state index < -0.39 is 18.3 Å². The lowest BCUT2D eigenvalue weighted by Crippen LogP contribution is -2.47. The summed E-state index contributed by atoms with van der Waals surface area (Å²) in [6.45, 7) is -0.284. The smallest absolute Gasteiger partial charge is 0.109 e. The standard InChI is InChI=1S/C7H13NO4/c8-4-3-6(11)5(10)2(1-9)12-7(3)4/h2-7,9-11H,1,8H2/t2-,3-,4+,5-,6-,7+/m1/s1. The monoisotopic (exact) mass is 175 g/mol. The van der Waals surface area contributed by atoms with Crippen molar-refractivity contribution in [3.05, 3.63) is 0 Å². The molecule has 70 valence electrons. The second-order valence-corrected chi connectivity index (χ2v) is 3.46. The summed E-state index contributed by atoms with van der Waals surface area (Å²) in [4.78, 5) is 0. The van der Waals surface area contributed by atoms with Crippen molar-refractivity contribution >= 4 is 0 Å². The Bertz CT molecular complexity index is 183. The zero-order valence-electron chi connectivity index (χ0n) is 6.50. The Hall–Kier alpha value is -0.200. The Morgan fingerprint density at radius 3 is 2.50 bits per heavy atom. The lowest BCUT2D eigenvalue weighted by atomic mass is 10.0. The highest BCUT2D eigenvalue weighted by molar-refractivity contribution is 5.12. The maximum Gasteiger partial charge on any atom is 0.109 e. The van der Waals surface area contributed by atoms with Crippen LogP contribution in [-0.4, -0.2) is 52.4 Å². The van der Waals surface area contributed by atoms with Crippen LogP contribution in [0.5, 0.6) is 0 Å². The molecular weight excluding hydrogens is 162 g/mol. The van der Waals surface area contributed by atoms with Gasteiger partial charge in [-0.25, -0.2) is 0 Å². The van der Waals surface area contributed by atoms with E-state index >= 15 is 0 Å². The summed E-state index contributed by atoms with van der Waals surface area (Å²) < 4.78 is 5.22. The van der Waals surface area contributed by atoms with Crippen molar-refractivity contribution in [3.8, 4) is 0 Å². The maximum atomic E-state index is 9.44. The van der Waals surface area contributed by atoms with Crippen LogP contribution in [-0.2, 0) is 4.74 Å². The summed E-state index contributed by atoms with van der Waals surface area (Å²) >= 11 is 0. The van der Waals surface area contributed by atoms with Gasteiger partial charge in [-0.05, 0) is 0 Å². The summed E-state index contributed by atoms with van der Waals surface area (Å²) in [7, 11) is 0. The third-order valence-electron chi connectivity index (χ3n) is 2.70. The van der Waals surface area contributed by atoms with Crippen molar-refractivity contribution in [1.29, 1.82) is 0 Å². The summed E-state index contributed by atoms with van der Waals surface area (Å²) in [5.74, 6) is -0.150. The van der Waals surface area contributed by atoms with E-state index in [9.17, 15) is 10.2 Å². The van der Waals surface area contributed by atoms with Gasteiger partial charge in [0.15, 0.2) is 0 Å². The molecule has 12 heavy (non-hydrogen) atoms. The van der Waals surface area contributed by atoms with Crippen molar-refractivity contribution in [3.63, 3.8) is 0 Å². The Labute approximate surface area is 69.8 Å². The third-order valence-corrected chi connectivity index (χ3v) is 2.70. The molecule has 5 N–H and O–H groups in total. The molecule has 1 aliphatic heterocycles. The number of rotatable bonds is 1. The average molecular weight is 175 g/mol. The number of aliphatic hydroxyl groups excluding tert-OH is 3. The lowest BCUT2D eigenvalue weighted by molar-refractivity contribution is -0.152. The Morgan fingerprint density at radius 1 is 1.25 bits per heavy atom. The molecule has 0 bridgehead atoms. The molecule has 1 saturated carbocycles. The maximum absolute atomic E-state index is 9.44. The van der Waals surface area contributed by atoms with Gasteiger partial charge in [0.05, 0.1) is 18.8 Å². The zero-order chi connectivity index (χ0) is 8.88. The molecule has 2 fully saturated rings. The first-order valence-corrected chi connectivity index (χ1v) is 4.05. The van der Waals surface area contributed by atoms with Gasteiger partial charge in [0.1, 0.15) is 12.2 Å². The van der Waals surface area contributed by atoms with Crippen molar-refractivity contribution < 1.29 is 20.1 Å². The second kappa shape index (κ2) is 2.65. The van der Waals surface area contributed by atoms with Crippen molar-refractivity contribution in [1.82, 2.24) is 0 Å². The van der Waals surface area contributed by atoms with E-state index in [1.165, 1.54) is 0 Å². The van der Waals surface area contributed by atoms with E-state index in [-0.39, 0.29) is 24.7 Å². The molecule has 0 unspecified atom stereocenters. The number of fused-ring (bicyclic) bond motifs is 1. The molecule has 0 spiro atoms.